The van der Waals surface area contributed by atoms with Gasteiger partial charge in [-0.15, -0.1) is 0 Å². The lowest BCUT2D eigenvalue weighted by Gasteiger charge is -2.00. The van der Waals surface area contributed by atoms with E-state index in [4.69, 9.17) is 0 Å². The fraction of sp³-hybridized carbons (Fsp3) is 0.400. The first kappa shape index (κ1) is 8.79. The number of rotatable bonds is 3. The maximum Gasteiger partial charge on any atom is 0.0207 e. The van der Waals surface area contributed by atoms with Crippen LogP contribution in [0.4, 0.5) is 0 Å². The molecule has 0 fully saturated rings. The van der Waals surface area contributed by atoms with Crippen molar-refractivity contribution in [2.45, 2.75) is 26.2 Å². The average molecular weight is 212 g/mol. The molecule has 1 rings (SSSR count). The molecule has 0 saturated heterocycles. The number of unbranched alkanes of at least 4 members (excludes halogenated alkanes) is 1. The van der Waals surface area contributed by atoms with Crippen LogP contribution in [0.5, 0.6) is 0 Å². The molecule has 0 nitrogen and oxygen atoms in total. The zero-order chi connectivity index (χ0) is 8.10. The smallest absolute Gasteiger partial charge is 0.0207 e. The molecule has 59 valence electrons. The van der Waals surface area contributed by atoms with Crippen LogP contribution in [0.2, 0.25) is 0 Å². The SMILES string of the molecule is CCCCc1c[c]ccc1Br. The van der Waals surface area contributed by atoms with Crippen molar-refractivity contribution in [3.05, 3.63) is 34.3 Å². The van der Waals surface area contributed by atoms with Gasteiger partial charge in [-0.2, -0.15) is 0 Å². The van der Waals surface area contributed by atoms with Crippen LogP contribution in [0.25, 0.3) is 0 Å². The Kier molecular flexibility index (Phi) is 3.64. The van der Waals surface area contributed by atoms with Gasteiger partial charge < -0.3 is 0 Å². The van der Waals surface area contributed by atoms with Gasteiger partial charge in [0.2, 0.25) is 0 Å². The highest BCUT2D eigenvalue weighted by atomic mass is 79.9. The number of benzene rings is 1. The average Bonchev–Trinajstić information content (AvgIpc) is 2.03. The van der Waals surface area contributed by atoms with Crippen molar-refractivity contribution in [3.63, 3.8) is 0 Å². The van der Waals surface area contributed by atoms with Crippen LogP contribution in [0.1, 0.15) is 25.3 Å². The van der Waals surface area contributed by atoms with Crippen LogP contribution in [-0.2, 0) is 6.42 Å². The maximum absolute atomic E-state index is 3.51. The van der Waals surface area contributed by atoms with Crippen LogP contribution in [0.3, 0.4) is 0 Å². The zero-order valence-corrected chi connectivity index (χ0v) is 8.32. The van der Waals surface area contributed by atoms with Crippen LogP contribution >= 0.6 is 15.9 Å². The van der Waals surface area contributed by atoms with Crippen molar-refractivity contribution < 1.29 is 0 Å². The van der Waals surface area contributed by atoms with Gasteiger partial charge in [-0.05, 0) is 30.5 Å². The zero-order valence-electron chi connectivity index (χ0n) is 6.73. The number of hydrogen-bond donors (Lipinski definition) is 0. The highest BCUT2D eigenvalue weighted by Crippen LogP contribution is 2.17. The van der Waals surface area contributed by atoms with Crippen molar-refractivity contribution in [2.24, 2.45) is 0 Å². The summed E-state index contributed by atoms with van der Waals surface area (Å²) in [4.78, 5) is 0. The first-order valence-corrected chi connectivity index (χ1v) is 4.78. The summed E-state index contributed by atoms with van der Waals surface area (Å²) in [5.74, 6) is 0. The maximum atomic E-state index is 3.51. The van der Waals surface area contributed by atoms with E-state index in [-0.39, 0.29) is 0 Å². The van der Waals surface area contributed by atoms with Gasteiger partial charge in [0.1, 0.15) is 0 Å². The largest absolute Gasteiger partial charge is 0.0654 e. The lowest BCUT2D eigenvalue weighted by atomic mass is 10.1. The molecule has 0 heterocycles. The minimum atomic E-state index is 1.16. The van der Waals surface area contributed by atoms with Crippen molar-refractivity contribution in [2.75, 3.05) is 0 Å². The quantitative estimate of drug-likeness (QED) is 0.718. The summed E-state index contributed by atoms with van der Waals surface area (Å²) in [5, 5.41) is 0. The summed E-state index contributed by atoms with van der Waals surface area (Å²) in [6.45, 7) is 2.21. The minimum absolute atomic E-state index is 1.16. The Balaban J connectivity index is 2.62. The van der Waals surface area contributed by atoms with E-state index in [0.29, 0.717) is 0 Å². The molecule has 0 N–H and O–H groups in total. The van der Waals surface area contributed by atoms with E-state index >= 15 is 0 Å². The first-order chi connectivity index (χ1) is 5.34. The Morgan fingerprint density at radius 2 is 2.36 bits per heavy atom. The van der Waals surface area contributed by atoms with E-state index in [9.17, 15) is 0 Å². The number of hydrogen-bond acceptors (Lipinski definition) is 0. The lowest BCUT2D eigenvalue weighted by molar-refractivity contribution is 0.793. The Hall–Kier alpha value is -0.300. The Morgan fingerprint density at radius 3 is 3.00 bits per heavy atom. The van der Waals surface area contributed by atoms with Crippen molar-refractivity contribution in [1.29, 1.82) is 0 Å². The molecule has 0 bridgehead atoms. The molecule has 0 saturated carbocycles. The van der Waals surface area contributed by atoms with E-state index in [1.165, 1.54) is 22.9 Å². The lowest BCUT2D eigenvalue weighted by Crippen LogP contribution is -1.85. The molecule has 1 heteroatoms. The van der Waals surface area contributed by atoms with Gasteiger partial charge in [-0.3, -0.25) is 0 Å². The van der Waals surface area contributed by atoms with Gasteiger partial charge >= 0.3 is 0 Å². The van der Waals surface area contributed by atoms with Gasteiger partial charge in [0, 0.05) is 4.47 Å². The summed E-state index contributed by atoms with van der Waals surface area (Å²) < 4.78 is 1.21. The van der Waals surface area contributed by atoms with E-state index in [1.54, 1.807) is 0 Å². The third kappa shape index (κ3) is 2.66. The molecule has 0 aliphatic heterocycles. The highest BCUT2D eigenvalue weighted by Gasteiger charge is 1.95. The molecule has 0 atom stereocenters. The second-order valence-corrected chi connectivity index (χ2v) is 3.48. The van der Waals surface area contributed by atoms with Crippen LogP contribution in [0.15, 0.2) is 22.7 Å². The second kappa shape index (κ2) is 4.55. The summed E-state index contributed by atoms with van der Waals surface area (Å²) >= 11 is 3.51. The fourth-order valence-electron chi connectivity index (χ4n) is 1.00. The fourth-order valence-corrected chi connectivity index (χ4v) is 1.45. The normalized spacial score (nSPS) is 10.0. The molecular weight excluding hydrogens is 200 g/mol. The van der Waals surface area contributed by atoms with Gasteiger partial charge in [0.05, 0.1) is 0 Å². The van der Waals surface area contributed by atoms with E-state index in [0.717, 1.165) is 6.42 Å². The van der Waals surface area contributed by atoms with E-state index in [2.05, 4.69) is 35.0 Å². The minimum Gasteiger partial charge on any atom is -0.0654 e. The van der Waals surface area contributed by atoms with E-state index in [1.807, 2.05) is 12.1 Å². The first-order valence-electron chi connectivity index (χ1n) is 3.99. The van der Waals surface area contributed by atoms with Crippen LogP contribution in [0, 0.1) is 6.07 Å². The molecule has 0 spiro atoms. The third-order valence-electron chi connectivity index (χ3n) is 1.69. The van der Waals surface area contributed by atoms with Crippen LogP contribution < -0.4 is 0 Å². The predicted octanol–water partition coefficient (Wildman–Crippen LogP) is 3.59. The monoisotopic (exact) mass is 211 g/mol. The molecule has 1 aromatic carbocycles. The summed E-state index contributed by atoms with van der Waals surface area (Å²) in [5.41, 5.74) is 1.37. The standard InChI is InChI=1S/C10H12Br/c1-2-3-6-9-7-4-5-8-10(9)11/h5,7-8H,2-3,6H2,1H3. The van der Waals surface area contributed by atoms with Gasteiger partial charge in [0.15, 0.2) is 0 Å². The van der Waals surface area contributed by atoms with Crippen molar-refractivity contribution >= 4 is 15.9 Å². The molecular formula is C10H12Br. The molecule has 1 radical (unpaired) electrons. The molecule has 0 unspecified atom stereocenters. The van der Waals surface area contributed by atoms with Gasteiger partial charge in [-0.1, -0.05) is 41.4 Å². The summed E-state index contributed by atoms with van der Waals surface area (Å²) in [7, 11) is 0. The predicted molar refractivity (Wildman–Crippen MR) is 51.6 cm³/mol. The van der Waals surface area contributed by atoms with Gasteiger partial charge in [-0.25, -0.2) is 0 Å². The Morgan fingerprint density at radius 1 is 1.55 bits per heavy atom. The molecule has 0 aromatic heterocycles. The number of aryl methyl sites for hydroxylation is 1. The Labute approximate surface area is 76.8 Å². The molecule has 11 heavy (non-hydrogen) atoms. The number of halogens is 1. The topological polar surface area (TPSA) is 0 Å². The third-order valence-corrected chi connectivity index (χ3v) is 2.46. The summed E-state index contributed by atoms with van der Waals surface area (Å²) in [6, 6.07) is 9.11. The molecule has 1 aromatic rings. The van der Waals surface area contributed by atoms with Crippen molar-refractivity contribution in [1.82, 2.24) is 0 Å². The van der Waals surface area contributed by atoms with Crippen molar-refractivity contribution in [3.8, 4) is 0 Å². The van der Waals surface area contributed by atoms with Crippen LogP contribution in [-0.4, -0.2) is 0 Å². The summed E-state index contributed by atoms with van der Waals surface area (Å²) in [6.07, 6.45) is 3.67. The molecule has 0 aliphatic rings. The van der Waals surface area contributed by atoms with E-state index < -0.39 is 0 Å². The molecule has 0 amide bonds. The highest BCUT2D eigenvalue weighted by molar-refractivity contribution is 9.10. The molecule has 0 aliphatic carbocycles. The van der Waals surface area contributed by atoms with Gasteiger partial charge in [0.25, 0.3) is 0 Å². The second-order valence-electron chi connectivity index (χ2n) is 2.62. The Bertz CT molecular complexity index is 218.